The van der Waals surface area contributed by atoms with E-state index in [2.05, 4.69) is 0 Å². The van der Waals surface area contributed by atoms with Gasteiger partial charge in [0.15, 0.2) is 0 Å². The molecule has 0 unspecified atom stereocenters. The fourth-order valence-electron chi connectivity index (χ4n) is 2.49. The maximum absolute atomic E-state index is 12.9. The largest absolute Gasteiger partial charge is 0.395 e. The fourth-order valence-corrected chi connectivity index (χ4v) is 2.49. The quantitative estimate of drug-likeness (QED) is 0.799. The molecule has 0 amide bonds. The molecule has 0 atom stereocenters. The first-order valence-corrected chi connectivity index (χ1v) is 5.04. The highest BCUT2D eigenvalue weighted by atomic mass is 19.3. The summed E-state index contributed by atoms with van der Waals surface area (Å²) in [5.41, 5.74) is 1.12. The van der Waals surface area contributed by atoms with Crippen LogP contribution in [0, 0.1) is 6.92 Å². The second-order valence-electron chi connectivity index (χ2n) is 4.46. The molecule has 0 aliphatic heterocycles. The van der Waals surface area contributed by atoms with Gasteiger partial charge in [0.2, 0.25) is 5.92 Å². The van der Waals surface area contributed by atoms with Crippen LogP contribution < -0.4 is 0 Å². The first-order chi connectivity index (χ1) is 6.99. The Kier molecular flexibility index (Phi) is 2.30. The molecular formula is C12H14F2O. The van der Waals surface area contributed by atoms with Gasteiger partial charge < -0.3 is 5.11 Å². The summed E-state index contributed by atoms with van der Waals surface area (Å²) in [4.78, 5) is 0. The average molecular weight is 212 g/mol. The zero-order chi connectivity index (χ0) is 11.1. The molecule has 1 fully saturated rings. The van der Waals surface area contributed by atoms with Gasteiger partial charge in [0.1, 0.15) is 0 Å². The third kappa shape index (κ3) is 1.65. The van der Waals surface area contributed by atoms with E-state index >= 15 is 0 Å². The van der Waals surface area contributed by atoms with Crippen LogP contribution in [0.3, 0.4) is 0 Å². The van der Waals surface area contributed by atoms with Crippen molar-refractivity contribution in [2.24, 2.45) is 0 Å². The molecule has 1 aromatic rings. The van der Waals surface area contributed by atoms with Gasteiger partial charge in [0, 0.05) is 18.3 Å². The smallest absolute Gasteiger partial charge is 0.250 e. The molecule has 1 saturated carbocycles. The summed E-state index contributed by atoms with van der Waals surface area (Å²) >= 11 is 0. The van der Waals surface area contributed by atoms with Gasteiger partial charge in [-0.05, 0) is 18.1 Å². The minimum absolute atomic E-state index is 0.201. The van der Waals surface area contributed by atoms with Gasteiger partial charge in [-0.15, -0.1) is 0 Å². The van der Waals surface area contributed by atoms with E-state index in [9.17, 15) is 13.9 Å². The maximum atomic E-state index is 12.9. The highest BCUT2D eigenvalue weighted by Gasteiger charge is 2.57. The third-order valence-corrected chi connectivity index (χ3v) is 3.21. The van der Waals surface area contributed by atoms with E-state index in [4.69, 9.17) is 0 Å². The van der Waals surface area contributed by atoms with Gasteiger partial charge in [0.05, 0.1) is 6.61 Å². The van der Waals surface area contributed by atoms with Crippen molar-refractivity contribution in [2.45, 2.75) is 31.1 Å². The van der Waals surface area contributed by atoms with E-state index < -0.39 is 11.3 Å². The van der Waals surface area contributed by atoms with Gasteiger partial charge in [-0.3, -0.25) is 0 Å². The number of aryl methyl sites for hydroxylation is 1. The van der Waals surface area contributed by atoms with Crippen molar-refractivity contribution in [3.05, 3.63) is 35.4 Å². The van der Waals surface area contributed by atoms with E-state index in [1.165, 1.54) is 0 Å². The lowest BCUT2D eigenvalue weighted by Gasteiger charge is -2.47. The number of aliphatic hydroxyl groups is 1. The molecule has 0 radical (unpaired) electrons. The lowest BCUT2D eigenvalue weighted by molar-refractivity contribution is -0.139. The van der Waals surface area contributed by atoms with Crippen LogP contribution in [-0.4, -0.2) is 17.6 Å². The molecule has 2 rings (SSSR count). The predicted molar refractivity (Wildman–Crippen MR) is 54.1 cm³/mol. The van der Waals surface area contributed by atoms with Crippen LogP contribution in [0.5, 0.6) is 0 Å². The van der Waals surface area contributed by atoms with Crippen molar-refractivity contribution in [1.82, 2.24) is 0 Å². The van der Waals surface area contributed by atoms with Crippen molar-refractivity contribution < 1.29 is 13.9 Å². The summed E-state index contributed by atoms with van der Waals surface area (Å²) in [5, 5.41) is 9.31. The monoisotopic (exact) mass is 212 g/mol. The Bertz CT molecular complexity index is 366. The van der Waals surface area contributed by atoms with Crippen LogP contribution in [0.25, 0.3) is 0 Å². The van der Waals surface area contributed by atoms with Crippen LogP contribution in [0.15, 0.2) is 24.3 Å². The van der Waals surface area contributed by atoms with Crippen molar-refractivity contribution in [3.63, 3.8) is 0 Å². The number of hydrogen-bond donors (Lipinski definition) is 1. The number of benzene rings is 1. The summed E-state index contributed by atoms with van der Waals surface area (Å²) in [6.07, 6.45) is -0.470. The van der Waals surface area contributed by atoms with Crippen LogP contribution >= 0.6 is 0 Å². The topological polar surface area (TPSA) is 20.2 Å². The fraction of sp³-hybridized carbons (Fsp3) is 0.500. The zero-order valence-corrected chi connectivity index (χ0v) is 8.63. The molecule has 1 aliphatic carbocycles. The predicted octanol–water partition coefficient (Wildman–Crippen LogP) is 2.65. The number of rotatable bonds is 2. The molecule has 1 nitrogen and oxygen atoms in total. The molecule has 0 aromatic heterocycles. The summed E-state index contributed by atoms with van der Waals surface area (Å²) in [6, 6.07) is 7.43. The van der Waals surface area contributed by atoms with Crippen molar-refractivity contribution in [2.75, 3.05) is 6.61 Å². The Morgan fingerprint density at radius 1 is 1.27 bits per heavy atom. The normalized spacial score (nSPS) is 22.1. The highest BCUT2D eigenvalue weighted by Crippen LogP contribution is 2.53. The second kappa shape index (κ2) is 3.27. The summed E-state index contributed by atoms with van der Waals surface area (Å²) < 4.78 is 25.9. The molecule has 1 aliphatic rings. The Labute approximate surface area is 87.7 Å². The van der Waals surface area contributed by atoms with Crippen LogP contribution in [-0.2, 0) is 5.41 Å². The molecule has 0 spiro atoms. The molecule has 0 heterocycles. The van der Waals surface area contributed by atoms with Gasteiger partial charge in [-0.2, -0.15) is 0 Å². The standard InChI is InChI=1S/C12H14F2O/c1-9-4-2-3-5-10(9)11(8-15)6-12(13,14)7-11/h2-5,15H,6-8H2,1H3. The molecule has 3 heteroatoms. The SMILES string of the molecule is Cc1ccccc1C1(CO)CC(F)(F)C1. The van der Waals surface area contributed by atoms with E-state index in [1.54, 1.807) is 0 Å². The van der Waals surface area contributed by atoms with Crippen LogP contribution in [0.2, 0.25) is 0 Å². The molecule has 82 valence electrons. The highest BCUT2D eigenvalue weighted by molar-refractivity contribution is 5.37. The van der Waals surface area contributed by atoms with Crippen molar-refractivity contribution >= 4 is 0 Å². The first kappa shape index (κ1) is 10.6. The lowest BCUT2D eigenvalue weighted by atomic mass is 9.61. The van der Waals surface area contributed by atoms with Crippen molar-refractivity contribution in [3.8, 4) is 0 Å². The molecule has 1 N–H and O–H groups in total. The number of aliphatic hydroxyl groups excluding tert-OH is 1. The van der Waals surface area contributed by atoms with Crippen LogP contribution in [0.4, 0.5) is 8.78 Å². The number of halogens is 2. The minimum Gasteiger partial charge on any atom is -0.395 e. The lowest BCUT2D eigenvalue weighted by Crippen LogP contribution is -2.52. The van der Waals surface area contributed by atoms with E-state index in [0.29, 0.717) is 0 Å². The molecule has 1 aromatic carbocycles. The molecule has 0 bridgehead atoms. The Hall–Kier alpha value is -0.960. The van der Waals surface area contributed by atoms with Gasteiger partial charge in [-0.25, -0.2) is 8.78 Å². The zero-order valence-electron chi connectivity index (χ0n) is 8.63. The summed E-state index contributed by atoms with van der Waals surface area (Å²) in [7, 11) is 0. The number of hydrogen-bond acceptors (Lipinski definition) is 1. The van der Waals surface area contributed by atoms with E-state index in [0.717, 1.165) is 11.1 Å². The Morgan fingerprint density at radius 3 is 2.33 bits per heavy atom. The number of alkyl halides is 2. The molecular weight excluding hydrogens is 198 g/mol. The Balaban J connectivity index is 2.34. The van der Waals surface area contributed by atoms with Crippen molar-refractivity contribution in [1.29, 1.82) is 0 Å². The molecule has 0 saturated heterocycles. The van der Waals surface area contributed by atoms with Crippen LogP contribution in [0.1, 0.15) is 24.0 Å². The van der Waals surface area contributed by atoms with Gasteiger partial charge in [0.25, 0.3) is 0 Å². The first-order valence-electron chi connectivity index (χ1n) is 5.04. The van der Waals surface area contributed by atoms with E-state index in [1.807, 2.05) is 31.2 Å². The average Bonchev–Trinajstić information content (AvgIpc) is 2.14. The Morgan fingerprint density at radius 2 is 1.87 bits per heavy atom. The van der Waals surface area contributed by atoms with E-state index in [-0.39, 0.29) is 19.4 Å². The summed E-state index contributed by atoms with van der Waals surface area (Å²) in [6.45, 7) is 1.69. The summed E-state index contributed by atoms with van der Waals surface area (Å²) in [5.74, 6) is -2.61. The van der Waals surface area contributed by atoms with Gasteiger partial charge in [-0.1, -0.05) is 24.3 Å². The second-order valence-corrected chi connectivity index (χ2v) is 4.46. The van der Waals surface area contributed by atoms with Gasteiger partial charge >= 0.3 is 0 Å². The maximum Gasteiger partial charge on any atom is 0.250 e. The minimum atomic E-state index is -2.61. The third-order valence-electron chi connectivity index (χ3n) is 3.21. The molecule has 15 heavy (non-hydrogen) atoms.